The lowest BCUT2D eigenvalue weighted by Gasteiger charge is -2.21. The van der Waals surface area contributed by atoms with Gasteiger partial charge in [-0.25, -0.2) is 4.39 Å². The Balaban J connectivity index is 1.73. The van der Waals surface area contributed by atoms with Crippen LogP contribution in [0.15, 0.2) is 53.0 Å². The van der Waals surface area contributed by atoms with E-state index in [0.29, 0.717) is 19.3 Å². The van der Waals surface area contributed by atoms with Crippen LogP contribution in [0, 0.1) is 5.82 Å². The fourth-order valence-electron chi connectivity index (χ4n) is 2.92. The second kappa shape index (κ2) is 6.96. The standard InChI is InChI=1S/C19H18BrFN2O2/c20-14-5-1-12(2-6-14)11-16(17(22)24)23-18(25)19(9-10-19)13-3-7-15(21)8-4-13/h1-8,16H,9-11H2,(H2,22,24)(H,23,25)/t16-/m0/s1. The first-order valence-electron chi connectivity index (χ1n) is 8.01. The molecule has 0 unspecified atom stereocenters. The Labute approximate surface area is 153 Å². The fourth-order valence-corrected chi connectivity index (χ4v) is 3.18. The highest BCUT2D eigenvalue weighted by molar-refractivity contribution is 9.10. The largest absolute Gasteiger partial charge is 0.368 e. The molecule has 2 amide bonds. The van der Waals surface area contributed by atoms with Crippen LogP contribution in [0.1, 0.15) is 24.0 Å². The maximum Gasteiger partial charge on any atom is 0.240 e. The zero-order valence-electron chi connectivity index (χ0n) is 13.5. The van der Waals surface area contributed by atoms with E-state index in [1.807, 2.05) is 24.3 Å². The number of carbonyl (C=O) groups is 2. The van der Waals surface area contributed by atoms with Gasteiger partial charge in [-0.15, -0.1) is 0 Å². The Morgan fingerprint density at radius 2 is 1.72 bits per heavy atom. The molecule has 2 aromatic rings. The van der Waals surface area contributed by atoms with Gasteiger partial charge in [0.25, 0.3) is 0 Å². The molecule has 3 N–H and O–H groups in total. The summed E-state index contributed by atoms with van der Waals surface area (Å²) in [5, 5.41) is 2.78. The molecular formula is C19H18BrFN2O2. The normalized spacial score (nSPS) is 16.1. The Kier molecular flexibility index (Phi) is 4.90. The lowest BCUT2D eigenvalue weighted by Crippen LogP contribution is -2.49. The van der Waals surface area contributed by atoms with E-state index in [9.17, 15) is 14.0 Å². The number of primary amides is 1. The van der Waals surface area contributed by atoms with Crippen molar-refractivity contribution in [3.8, 4) is 0 Å². The molecule has 25 heavy (non-hydrogen) atoms. The first-order chi connectivity index (χ1) is 11.9. The molecule has 1 aliphatic rings. The molecule has 2 aromatic carbocycles. The minimum Gasteiger partial charge on any atom is -0.368 e. The smallest absolute Gasteiger partial charge is 0.240 e. The van der Waals surface area contributed by atoms with E-state index in [4.69, 9.17) is 5.73 Å². The van der Waals surface area contributed by atoms with Crippen LogP contribution in [0.25, 0.3) is 0 Å². The topological polar surface area (TPSA) is 72.2 Å². The average molecular weight is 405 g/mol. The molecule has 0 saturated heterocycles. The summed E-state index contributed by atoms with van der Waals surface area (Å²) >= 11 is 3.36. The molecule has 1 fully saturated rings. The molecule has 0 bridgehead atoms. The van der Waals surface area contributed by atoms with Crippen LogP contribution in [0.4, 0.5) is 4.39 Å². The maximum absolute atomic E-state index is 13.1. The maximum atomic E-state index is 13.1. The highest BCUT2D eigenvalue weighted by Gasteiger charge is 2.51. The van der Waals surface area contributed by atoms with E-state index in [0.717, 1.165) is 15.6 Å². The summed E-state index contributed by atoms with van der Waals surface area (Å²) < 4.78 is 14.1. The van der Waals surface area contributed by atoms with Gasteiger partial charge < -0.3 is 11.1 Å². The zero-order valence-corrected chi connectivity index (χ0v) is 15.1. The number of amides is 2. The molecule has 3 rings (SSSR count). The molecule has 6 heteroatoms. The van der Waals surface area contributed by atoms with Crippen molar-refractivity contribution in [1.29, 1.82) is 0 Å². The van der Waals surface area contributed by atoms with Gasteiger partial charge >= 0.3 is 0 Å². The molecule has 0 spiro atoms. The summed E-state index contributed by atoms with van der Waals surface area (Å²) in [5.74, 6) is -1.16. The second-order valence-electron chi connectivity index (χ2n) is 6.35. The van der Waals surface area contributed by atoms with E-state index in [-0.39, 0.29) is 11.7 Å². The van der Waals surface area contributed by atoms with Crippen LogP contribution in [-0.2, 0) is 21.4 Å². The van der Waals surface area contributed by atoms with Gasteiger partial charge in [0.1, 0.15) is 11.9 Å². The third-order valence-electron chi connectivity index (χ3n) is 4.58. The number of hydrogen-bond acceptors (Lipinski definition) is 2. The van der Waals surface area contributed by atoms with Gasteiger partial charge in [-0.1, -0.05) is 40.2 Å². The Morgan fingerprint density at radius 3 is 2.24 bits per heavy atom. The van der Waals surface area contributed by atoms with Gasteiger partial charge in [-0.3, -0.25) is 9.59 Å². The molecule has 0 heterocycles. The minimum absolute atomic E-state index is 0.236. The number of nitrogens with one attached hydrogen (secondary N) is 1. The zero-order chi connectivity index (χ0) is 18.0. The molecule has 1 aliphatic carbocycles. The van der Waals surface area contributed by atoms with Crippen LogP contribution in [0.3, 0.4) is 0 Å². The summed E-state index contributed by atoms with van der Waals surface area (Å²) in [5.41, 5.74) is 6.46. The van der Waals surface area contributed by atoms with Crippen LogP contribution >= 0.6 is 15.9 Å². The van der Waals surface area contributed by atoms with Crippen molar-refractivity contribution < 1.29 is 14.0 Å². The van der Waals surface area contributed by atoms with Gasteiger partial charge in [0.15, 0.2) is 0 Å². The minimum atomic E-state index is -0.786. The Hall–Kier alpha value is -2.21. The molecule has 1 saturated carbocycles. The van der Waals surface area contributed by atoms with Gasteiger partial charge in [0, 0.05) is 10.9 Å². The molecule has 0 radical (unpaired) electrons. The third kappa shape index (κ3) is 3.90. The monoisotopic (exact) mass is 404 g/mol. The number of halogens is 2. The summed E-state index contributed by atoms with van der Waals surface area (Å²) in [4.78, 5) is 24.5. The summed E-state index contributed by atoms with van der Waals surface area (Å²) in [6.45, 7) is 0. The van der Waals surface area contributed by atoms with Gasteiger partial charge in [-0.2, -0.15) is 0 Å². The third-order valence-corrected chi connectivity index (χ3v) is 5.11. The summed E-state index contributed by atoms with van der Waals surface area (Å²) in [6.07, 6.45) is 1.68. The molecule has 1 atom stereocenters. The fraction of sp³-hybridized carbons (Fsp3) is 0.263. The van der Waals surface area contributed by atoms with Crippen LogP contribution in [-0.4, -0.2) is 17.9 Å². The molecular weight excluding hydrogens is 387 g/mol. The molecule has 0 aromatic heterocycles. The first kappa shape index (κ1) is 17.6. The number of benzene rings is 2. The summed E-state index contributed by atoms with van der Waals surface area (Å²) in [7, 11) is 0. The van der Waals surface area contributed by atoms with Crippen molar-refractivity contribution >= 4 is 27.7 Å². The van der Waals surface area contributed by atoms with Crippen LogP contribution < -0.4 is 11.1 Å². The quantitative estimate of drug-likeness (QED) is 0.776. The lowest BCUT2D eigenvalue weighted by atomic mass is 9.94. The SMILES string of the molecule is NC(=O)[C@H](Cc1ccc(Br)cc1)NC(=O)C1(c2ccc(F)cc2)CC1. The van der Waals surface area contributed by atoms with Gasteiger partial charge in [0.2, 0.25) is 11.8 Å². The van der Waals surface area contributed by atoms with Crippen molar-refractivity contribution in [3.63, 3.8) is 0 Å². The van der Waals surface area contributed by atoms with E-state index < -0.39 is 17.4 Å². The highest BCUT2D eigenvalue weighted by Crippen LogP contribution is 2.48. The van der Waals surface area contributed by atoms with Crippen molar-refractivity contribution in [2.75, 3.05) is 0 Å². The predicted molar refractivity (Wildman–Crippen MR) is 96.3 cm³/mol. The summed E-state index contributed by atoms with van der Waals surface area (Å²) in [6, 6.07) is 12.6. The van der Waals surface area contributed by atoms with E-state index in [1.54, 1.807) is 12.1 Å². The van der Waals surface area contributed by atoms with E-state index in [1.165, 1.54) is 12.1 Å². The van der Waals surface area contributed by atoms with Crippen molar-refractivity contribution in [3.05, 3.63) is 69.9 Å². The van der Waals surface area contributed by atoms with Crippen LogP contribution in [0.2, 0.25) is 0 Å². The number of rotatable bonds is 6. The number of carbonyl (C=O) groups excluding carboxylic acids is 2. The number of hydrogen-bond donors (Lipinski definition) is 2. The average Bonchev–Trinajstić information content (AvgIpc) is 3.38. The van der Waals surface area contributed by atoms with Crippen LogP contribution in [0.5, 0.6) is 0 Å². The highest BCUT2D eigenvalue weighted by atomic mass is 79.9. The molecule has 0 aliphatic heterocycles. The molecule has 4 nitrogen and oxygen atoms in total. The second-order valence-corrected chi connectivity index (χ2v) is 7.26. The van der Waals surface area contributed by atoms with Crippen molar-refractivity contribution in [2.45, 2.75) is 30.7 Å². The predicted octanol–water partition coefficient (Wildman–Crippen LogP) is 2.83. The van der Waals surface area contributed by atoms with Crippen molar-refractivity contribution in [2.24, 2.45) is 5.73 Å². The first-order valence-corrected chi connectivity index (χ1v) is 8.81. The van der Waals surface area contributed by atoms with Crippen molar-refractivity contribution in [1.82, 2.24) is 5.32 Å². The molecule has 130 valence electrons. The Bertz CT molecular complexity index is 786. The van der Waals surface area contributed by atoms with Gasteiger partial charge in [-0.05, 0) is 48.2 Å². The Morgan fingerprint density at radius 1 is 1.12 bits per heavy atom. The van der Waals surface area contributed by atoms with E-state index in [2.05, 4.69) is 21.2 Å². The van der Waals surface area contributed by atoms with Gasteiger partial charge in [0.05, 0.1) is 5.41 Å². The lowest BCUT2D eigenvalue weighted by molar-refractivity contribution is -0.128. The number of nitrogens with two attached hydrogens (primary N) is 1. The van der Waals surface area contributed by atoms with E-state index >= 15 is 0 Å².